The second-order valence-electron chi connectivity index (χ2n) is 4.22. The Bertz CT molecular complexity index is 291. The fourth-order valence-corrected chi connectivity index (χ4v) is 1.67. The van der Waals surface area contributed by atoms with Crippen molar-refractivity contribution in [3.05, 3.63) is 23.7 Å². The van der Waals surface area contributed by atoms with Crippen LogP contribution in [0.2, 0.25) is 0 Å². The lowest BCUT2D eigenvalue weighted by Crippen LogP contribution is -2.34. The van der Waals surface area contributed by atoms with Crippen molar-refractivity contribution >= 4 is 11.8 Å². The molecule has 0 atom stereocenters. The molecule has 0 radical (unpaired) electrons. The zero-order valence-corrected chi connectivity index (χ0v) is 10.4. The zero-order chi connectivity index (χ0) is 11.3. The lowest BCUT2D eigenvalue weighted by molar-refractivity contribution is 0.0790. The highest BCUT2D eigenvalue weighted by atomic mass is 32.2. The molecule has 0 fully saturated rings. The van der Waals surface area contributed by atoms with Gasteiger partial charge in [-0.25, -0.2) is 0 Å². The normalized spacial score (nSPS) is 12.0. The Morgan fingerprint density at radius 3 is 2.67 bits per heavy atom. The van der Waals surface area contributed by atoms with Crippen LogP contribution in [-0.2, 0) is 12.3 Å². The lowest BCUT2D eigenvalue weighted by atomic mass is 10.1. The van der Waals surface area contributed by atoms with Crippen LogP contribution in [-0.4, -0.2) is 23.5 Å². The summed E-state index contributed by atoms with van der Waals surface area (Å²) in [6.07, 6.45) is 2.05. The summed E-state index contributed by atoms with van der Waals surface area (Å²) in [6.45, 7) is 4.78. The molecule has 4 heteroatoms. The van der Waals surface area contributed by atoms with E-state index in [0.717, 1.165) is 17.3 Å². The van der Waals surface area contributed by atoms with Crippen molar-refractivity contribution < 1.29 is 9.52 Å². The first-order valence-electron chi connectivity index (χ1n) is 5.01. The van der Waals surface area contributed by atoms with E-state index in [1.807, 2.05) is 12.1 Å². The Morgan fingerprint density at radius 1 is 1.40 bits per heavy atom. The van der Waals surface area contributed by atoms with Gasteiger partial charge in [-0.3, -0.25) is 0 Å². The first-order chi connectivity index (χ1) is 7.01. The van der Waals surface area contributed by atoms with Gasteiger partial charge in [0.25, 0.3) is 0 Å². The molecule has 0 amide bonds. The van der Waals surface area contributed by atoms with Gasteiger partial charge in [-0.1, -0.05) is 0 Å². The Kier molecular flexibility index (Phi) is 4.70. The van der Waals surface area contributed by atoms with E-state index in [2.05, 4.69) is 11.6 Å². The summed E-state index contributed by atoms with van der Waals surface area (Å²) in [6, 6.07) is 3.97. The minimum Gasteiger partial charge on any atom is -0.464 e. The molecule has 3 nitrogen and oxygen atoms in total. The van der Waals surface area contributed by atoms with Gasteiger partial charge in [0.15, 0.2) is 0 Å². The summed E-state index contributed by atoms with van der Waals surface area (Å²) in [5, 5.41) is 12.6. The van der Waals surface area contributed by atoms with Crippen molar-refractivity contribution in [3.8, 4) is 0 Å². The quantitative estimate of drug-likeness (QED) is 0.783. The van der Waals surface area contributed by atoms with Crippen LogP contribution in [0.1, 0.15) is 25.4 Å². The molecule has 1 rings (SSSR count). The Hall–Kier alpha value is -0.450. The number of furan rings is 1. The molecule has 0 aliphatic heterocycles. The monoisotopic (exact) mass is 229 g/mol. The van der Waals surface area contributed by atoms with Gasteiger partial charge >= 0.3 is 0 Å². The molecule has 15 heavy (non-hydrogen) atoms. The molecule has 0 spiro atoms. The Labute approximate surface area is 95.2 Å². The van der Waals surface area contributed by atoms with Gasteiger partial charge < -0.3 is 14.8 Å². The molecule has 0 aliphatic rings. The summed E-state index contributed by atoms with van der Waals surface area (Å²) >= 11 is 1.74. The smallest absolute Gasteiger partial charge is 0.118 e. The van der Waals surface area contributed by atoms with Crippen molar-refractivity contribution in [1.82, 2.24) is 5.32 Å². The van der Waals surface area contributed by atoms with Gasteiger partial charge in [0.05, 0.1) is 17.9 Å². The SMILES string of the molecule is CSCc1ccc(CNCC(C)(C)O)o1. The van der Waals surface area contributed by atoms with E-state index >= 15 is 0 Å². The predicted octanol–water partition coefficient (Wildman–Crippen LogP) is 2.00. The highest BCUT2D eigenvalue weighted by Crippen LogP contribution is 2.13. The van der Waals surface area contributed by atoms with Crippen LogP contribution in [0.5, 0.6) is 0 Å². The minimum absolute atomic E-state index is 0.561. The molecular weight excluding hydrogens is 210 g/mol. The van der Waals surface area contributed by atoms with E-state index in [0.29, 0.717) is 13.1 Å². The zero-order valence-electron chi connectivity index (χ0n) is 9.54. The van der Waals surface area contributed by atoms with Crippen molar-refractivity contribution in [2.75, 3.05) is 12.8 Å². The largest absolute Gasteiger partial charge is 0.464 e. The lowest BCUT2D eigenvalue weighted by Gasteiger charge is -2.16. The second-order valence-corrected chi connectivity index (χ2v) is 5.08. The molecule has 0 aliphatic carbocycles. The van der Waals surface area contributed by atoms with Crippen LogP contribution >= 0.6 is 11.8 Å². The average molecular weight is 229 g/mol. The second kappa shape index (κ2) is 5.58. The Balaban J connectivity index is 2.31. The van der Waals surface area contributed by atoms with Gasteiger partial charge in [0.2, 0.25) is 0 Å². The topological polar surface area (TPSA) is 45.4 Å². The van der Waals surface area contributed by atoms with Gasteiger partial charge in [-0.15, -0.1) is 0 Å². The standard InChI is InChI=1S/C11H19NO2S/c1-11(2,13)8-12-6-9-4-5-10(14-9)7-15-3/h4-5,12-13H,6-8H2,1-3H3. The van der Waals surface area contributed by atoms with Crippen molar-refractivity contribution in [2.24, 2.45) is 0 Å². The van der Waals surface area contributed by atoms with E-state index in [1.54, 1.807) is 25.6 Å². The molecule has 0 saturated carbocycles. The molecule has 86 valence electrons. The van der Waals surface area contributed by atoms with Crippen LogP contribution in [0.15, 0.2) is 16.5 Å². The third-order valence-corrected chi connectivity index (χ3v) is 2.43. The first kappa shape index (κ1) is 12.6. The summed E-state index contributed by atoms with van der Waals surface area (Å²) in [5.41, 5.74) is -0.672. The highest BCUT2D eigenvalue weighted by molar-refractivity contribution is 7.97. The highest BCUT2D eigenvalue weighted by Gasteiger charge is 2.11. The molecular formula is C11H19NO2S. The van der Waals surface area contributed by atoms with E-state index in [4.69, 9.17) is 4.42 Å². The number of hydrogen-bond acceptors (Lipinski definition) is 4. The van der Waals surface area contributed by atoms with Crippen LogP contribution in [0.3, 0.4) is 0 Å². The number of nitrogens with one attached hydrogen (secondary N) is 1. The number of rotatable bonds is 6. The maximum atomic E-state index is 9.49. The van der Waals surface area contributed by atoms with Gasteiger partial charge in [-0.05, 0) is 32.2 Å². The predicted molar refractivity (Wildman–Crippen MR) is 63.9 cm³/mol. The molecule has 1 aromatic heterocycles. The van der Waals surface area contributed by atoms with Crippen LogP contribution < -0.4 is 5.32 Å². The van der Waals surface area contributed by atoms with Crippen molar-refractivity contribution in [3.63, 3.8) is 0 Å². The van der Waals surface area contributed by atoms with Gasteiger partial charge in [0, 0.05) is 6.54 Å². The fourth-order valence-electron chi connectivity index (χ4n) is 1.23. The summed E-state index contributed by atoms with van der Waals surface area (Å²) < 4.78 is 5.57. The Morgan fingerprint density at radius 2 is 2.07 bits per heavy atom. The van der Waals surface area contributed by atoms with Crippen molar-refractivity contribution in [1.29, 1.82) is 0 Å². The van der Waals surface area contributed by atoms with Crippen LogP contribution in [0.25, 0.3) is 0 Å². The molecule has 0 unspecified atom stereocenters. The van der Waals surface area contributed by atoms with E-state index < -0.39 is 5.60 Å². The third kappa shape index (κ3) is 5.25. The third-order valence-electron chi connectivity index (χ3n) is 1.86. The van der Waals surface area contributed by atoms with E-state index in [1.165, 1.54) is 0 Å². The van der Waals surface area contributed by atoms with Crippen molar-refractivity contribution in [2.45, 2.75) is 31.7 Å². The summed E-state index contributed by atoms with van der Waals surface area (Å²) in [4.78, 5) is 0. The molecule has 2 N–H and O–H groups in total. The first-order valence-corrected chi connectivity index (χ1v) is 6.40. The minimum atomic E-state index is -0.672. The summed E-state index contributed by atoms with van der Waals surface area (Å²) in [7, 11) is 0. The number of aliphatic hydroxyl groups is 1. The molecule has 0 aromatic carbocycles. The molecule has 1 aromatic rings. The fraction of sp³-hybridized carbons (Fsp3) is 0.636. The average Bonchev–Trinajstić information content (AvgIpc) is 2.51. The van der Waals surface area contributed by atoms with Gasteiger partial charge in [0.1, 0.15) is 11.5 Å². The van der Waals surface area contributed by atoms with E-state index in [9.17, 15) is 5.11 Å². The van der Waals surface area contributed by atoms with Crippen LogP contribution in [0.4, 0.5) is 0 Å². The number of hydrogen-bond donors (Lipinski definition) is 2. The molecule has 1 heterocycles. The number of thioether (sulfide) groups is 1. The summed E-state index contributed by atoms with van der Waals surface area (Å²) in [5.74, 6) is 2.83. The molecule has 0 saturated heterocycles. The van der Waals surface area contributed by atoms with Gasteiger partial charge in [-0.2, -0.15) is 11.8 Å². The van der Waals surface area contributed by atoms with E-state index in [-0.39, 0.29) is 0 Å². The van der Waals surface area contributed by atoms with Crippen LogP contribution in [0, 0.1) is 0 Å². The maximum absolute atomic E-state index is 9.49. The molecule has 0 bridgehead atoms. The maximum Gasteiger partial charge on any atom is 0.118 e.